The smallest absolute Gasteiger partial charge is 0.320 e. The molecule has 0 aliphatic rings. The van der Waals surface area contributed by atoms with Crippen LogP contribution >= 0.6 is 0 Å². The molecule has 0 fully saturated rings. The number of nitrogens with two attached hydrogens (primary N) is 1. The largest absolute Gasteiger partial charge is 0.417 e. The van der Waals surface area contributed by atoms with Crippen molar-refractivity contribution in [2.75, 3.05) is 5.32 Å². The van der Waals surface area contributed by atoms with Gasteiger partial charge < -0.3 is 5.32 Å². The number of carbonyl (C=O) groups excluding carboxylic acids is 1. The first-order chi connectivity index (χ1) is 16.8. The standard InChI is InChI=1S/C24H19F4N5O2S/c1-33-9-8-20(32-33)16-11-17(19(25)12-18(16)24(26,27)28)23(34)31-21-10-15(36(2,29)35)13-30-22(21)14-6-4-3-5-7-14/h3-13H,2H2,1H3,(H2,29,35)(H,31,34). The molecule has 2 aromatic carbocycles. The third kappa shape index (κ3) is 5.14. The zero-order valence-electron chi connectivity index (χ0n) is 18.7. The van der Waals surface area contributed by atoms with Crippen LogP contribution in [-0.2, 0) is 22.9 Å². The Morgan fingerprint density at radius 3 is 2.42 bits per heavy atom. The lowest BCUT2D eigenvalue weighted by Gasteiger charge is -2.16. The van der Waals surface area contributed by atoms with E-state index >= 15 is 0 Å². The first kappa shape index (κ1) is 25.1. The zero-order chi connectivity index (χ0) is 26.3. The normalized spacial score (nSPS) is 13.3. The summed E-state index contributed by atoms with van der Waals surface area (Å²) in [5, 5.41) is 12.0. The molecule has 4 aromatic rings. The molecule has 7 nitrogen and oxygen atoms in total. The highest BCUT2D eigenvalue weighted by molar-refractivity contribution is 7.98. The average molecular weight is 518 g/mol. The Bertz CT molecular complexity index is 1570. The molecule has 0 aliphatic heterocycles. The number of rotatable bonds is 5. The van der Waals surface area contributed by atoms with Gasteiger partial charge in [-0.15, -0.1) is 0 Å². The van der Waals surface area contributed by atoms with Gasteiger partial charge in [0, 0.05) is 30.6 Å². The maximum Gasteiger partial charge on any atom is 0.417 e. The molecular formula is C24H19F4N5O2S. The molecule has 0 saturated carbocycles. The molecule has 0 saturated heterocycles. The predicted molar refractivity (Wildman–Crippen MR) is 129 cm³/mol. The molecule has 4 rings (SSSR count). The van der Waals surface area contributed by atoms with Crippen LogP contribution in [0, 0.1) is 5.82 Å². The lowest BCUT2D eigenvalue weighted by molar-refractivity contribution is -0.137. The molecule has 0 radical (unpaired) electrons. The fourth-order valence-corrected chi connectivity index (χ4v) is 4.05. The molecule has 1 atom stereocenters. The molecule has 2 heterocycles. The monoisotopic (exact) mass is 517 g/mol. The Balaban J connectivity index is 1.83. The molecule has 0 bridgehead atoms. The van der Waals surface area contributed by atoms with E-state index in [-0.39, 0.29) is 28.0 Å². The van der Waals surface area contributed by atoms with E-state index in [9.17, 15) is 26.6 Å². The summed E-state index contributed by atoms with van der Waals surface area (Å²) in [4.78, 5) is 17.4. The molecule has 0 aliphatic carbocycles. The number of aryl methyl sites for hydroxylation is 1. The minimum atomic E-state index is -4.89. The van der Waals surface area contributed by atoms with Crippen LogP contribution in [0.2, 0.25) is 0 Å². The molecule has 0 spiro atoms. The number of halogens is 4. The number of hydrogen-bond donors (Lipinski definition) is 2. The van der Waals surface area contributed by atoms with E-state index in [1.807, 2.05) is 0 Å². The second-order valence-electron chi connectivity index (χ2n) is 7.86. The van der Waals surface area contributed by atoms with Crippen LogP contribution in [0.1, 0.15) is 15.9 Å². The Hall–Kier alpha value is -4.03. The lowest BCUT2D eigenvalue weighted by Crippen LogP contribution is -2.18. The van der Waals surface area contributed by atoms with Gasteiger partial charge in [-0.05, 0) is 30.1 Å². The fourth-order valence-electron chi connectivity index (χ4n) is 3.50. The average Bonchev–Trinajstić information content (AvgIpc) is 3.24. The third-order valence-electron chi connectivity index (χ3n) is 5.20. The fraction of sp³-hybridized carbons (Fsp3) is 0.0833. The second-order valence-corrected chi connectivity index (χ2v) is 9.79. The molecule has 2 aromatic heterocycles. The maximum atomic E-state index is 14.8. The number of nitrogens with zero attached hydrogens (tertiary/aromatic N) is 3. The minimum absolute atomic E-state index is 0.0135. The molecule has 1 amide bonds. The van der Waals surface area contributed by atoms with E-state index in [1.54, 1.807) is 30.3 Å². The Morgan fingerprint density at radius 2 is 1.83 bits per heavy atom. The van der Waals surface area contributed by atoms with Crippen LogP contribution in [0.3, 0.4) is 0 Å². The summed E-state index contributed by atoms with van der Waals surface area (Å²) in [7, 11) is -1.71. The number of aromatic nitrogens is 3. The number of benzene rings is 2. The molecular weight excluding hydrogens is 498 g/mol. The Morgan fingerprint density at radius 1 is 1.14 bits per heavy atom. The summed E-state index contributed by atoms with van der Waals surface area (Å²) in [5.41, 5.74) is -1.66. The van der Waals surface area contributed by atoms with Crippen molar-refractivity contribution in [2.45, 2.75) is 11.1 Å². The van der Waals surface area contributed by atoms with Crippen molar-refractivity contribution >= 4 is 27.2 Å². The van der Waals surface area contributed by atoms with E-state index in [0.717, 1.165) is 6.07 Å². The first-order valence-electron chi connectivity index (χ1n) is 10.3. The van der Waals surface area contributed by atoms with Crippen molar-refractivity contribution in [3.05, 3.63) is 83.9 Å². The van der Waals surface area contributed by atoms with Gasteiger partial charge in [-0.25, -0.2) is 8.60 Å². The number of carbonyl (C=O) groups is 1. The van der Waals surface area contributed by atoms with Crippen molar-refractivity contribution in [1.29, 1.82) is 0 Å². The predicted octanol–water partition coefficient (Wildman–Crippen LogP) is 4.51. The second kappa shape index (κ2) is 9.21. The summed E-state index contributed by atoms with van der Waals surface area (Å²) in [6.45, 7) is 0. The first-order valence-corrected chi connectivity index (χ1v) is 12.1. The van der Waals surface area contributed by atoms with Crippen LogP contribution in [0.15, 0.2) is 71.9 Å². The van der Waals surface area contributed by atoms with Crippen LogP contribution in [-0.4, -0.2) is 30.8 Å². The minimum Gasteiger partial charge on any atom is -0.320 e. The summed E-state index contributed by atoms with van der Waals surface area (Å²) in [6.07, 6.45) is -2.23. The summed E-state index contributed by atoms with van der Waals surface area (Å²) < 4.78 is 69.3. The number of pyridine rings is 1. The number of alkyl halides is 3. The number of nitrogens with one attached hydrogen (secondary N) is 1. The van der Waals surface area contributed by atoms with Gasteiger partial charge in [0.1, 0.15) is 5.82 Å². The summed E-state index contributed by atoms with van der Waals surface area (Å²) in [6, 6.07) is 12.2. The zero-order valence-corrected chi connectivity index (χ0v) is 19.5. The van der Waals surface area contributed by atoms with E-state index in [2.05, 4.69) is 21.3 Å². The van der Waals surface area contributed by atoms with E-state index in [4.69, 9.17) is 5.14 Å². The van der Waals surface area contributed by atoms with E-state index in [0.29, 0.717) is 5.56 Å². The van der Waals surface area contributed by atoms with Crippen molar-refractivity contribution in [1.82, 2.24) is 14.8 Å². The van der Waals surface area contributed by atoms with Crippen LogP contribution in [0.5, 0.6) is 0 Å². The molecule has 3 N–H and O–H groups in total. The summed E-state index contributed by atoms with van der Waals surface area (Å²) in [5.74, 6) is 0.955. The lowest BCUT2D eigenvalue weighted by atomic mass is 9.99. The quantitative estimate of drug-likeness (QED) is 0.300. The van der Waals surface area contributed by atoms with Crippen molar-refractivity contribution in [2.24, 2.45) is 12.2 Å². The number of anilines is 1. The highest BCUT2D eigenvalue weighted by Gasteiger charge is 2.36. The van der Waals surface area contributed by atoms with E-state index in [1.165, 1.54) is 36.3 Å². The Kier molecular flexibility index (Phi) is 6.41. The van der Waals surface area contributed by atoms with E-state index < -0.39 is 44.3 Å². The van der Waals surface area contributed by atoms with Gasteiger partial charge in [-0.1, -0.05) is 30.3 Å². The third-order valence-corrected chi connectivity index (χ3v) is 6.23. The van der Waals surface area contributed by atoms with Gasteiger partial charge in [0.05, 0.1) is 42.8 Å². The molecule has 36 heavy (non-hydrogen) atoms. The molecule has 186 valence electrons. The number of hydrogen-bond acceptors (Lipinski definition) is 4. The SMILES string of the molecule is C=S(N)(=O)c1cnc(-c2ccccc2)c(NC(=O)c2cc(-c3ccn(C)n3)c(C(F)(F)F)cc2F)c1. The Labute approximate surface area is 203 Å². The van der Waals surface area contributed by atoms with Crippen LogP contribution < -0.4 is 10.5 Å². The maximum absolute atomic E-state index is 14.8. The van der Waals surface area contributed by atoms with Gasteiger partial charge in [-0.3, -0.25) is 19.6 Å². The molecule has 12 heteroatoms. The van der Waals surface area contributed by atoms with Gasteiger partial charge in [0.25, 0.3) is 5.91 Å². The van der Waals surface area contributed by atoms with Crippen LogP contribution in [0.25, 0.3) is 22.5 Å². The van der Waals surface area contributed by atoms with Crippen molar-refractivity contribution < 1.29 is 26.6 Å². The van der Waals surface area contributed by atoms with Crippen molar-refractivity contribution in [3.63, 3.8) is 0 Å². The van der Waals surface area contributed by atoms with Gasteiger partial charge >= 0.3 is 6.18 Å². The van der Waals surface area contributed by atoms with Gasteiger partial charge in [0.2, 0.25) is 0 Å². The highest BCUT2D eigenvalue weighted by atomic mass is 32.2. The van der Waals surface area contributed by atoms with Crippen molar-refractivity contribution in [3.8, 4) is 22.5 Å². The van der Waals surface area contributed by atoms with Gasteiger partial charge in [0.15, 0.2) is 0 Å². The van der Waals surface area contributed by atoms with Crippen LogP contribution in [0.4, 0.5) is 23.2 Å². The number of amides is 1. The molecule has 1 unspecified atom stereocenters. The van der Waals surface area contributed by atoms with Gasteiger partial charge in [-0.2, -0.15) is 18.3 Å². The highest BCUT2D eigenvalue weighted by Crippen LogP contribution is 2.38. The summed E-state index contributed by atoms with van der Waals surface area (Å²) >= 11 is 0. The topological polar surface area (TPSA) is 103 Å².